The molecule has 0 aliphatic heterocycles. The standard InChI is InChI=1S/C20H41NO/c1-2-3-18-21-19-16-14-12-10-8-6-4-5-7-9-11-13-15-17-20-22/h20-21H,2-19H2,1H3. The molecule has 0 rings (SSSR count). The quantitative estimate of drug-likeness (QED) is 0.233. The van der Waals surface area contributed by atoms with Crippen molar-refractivity contribution < 1.29 is 4.79 Å². The van der Waals surface area contributed by atoms with Crippen molar-refractivity contribution in [1.82, 2.24) is 5.32 Å². The van der Waals surface area contributed by atoms with Crippen molar-refractivity contribution >= 4 is 6.29 Å². The van der Waals surface area contributed by atoms with Gasteiger partial charge in [0.05, 0.1) is 0 Å². The molecule has 0 aromatic rings. The number of rotatable bonds is 19. The minimum Gasteiger partial charge on any atom is -0.317 e. The number of carbonyl (C=O) groups is 1. The number of hydrogen-bond donors (Lipinski definition) is 1. The zero-order chi connectivity index (χ0) is 16.1. The highest BCUT2D eigenvalue weighted by Crippen LogP contribution is 2.12. The second-order valence-electron chi connectivity index (χ2n) is 6.66. The van der Waals surface area contributed by atoms with E-state index in [1.54, 1.807) is 0 Å². The average molecular weight is 312 g/mol. The molecular formula is C20H41NO. The number of unbranched alkanes of at least 4 members (excludes halogenated alkanes) is 14. The third kappa shape index (κ3) is 19.6. The van der Waals surface area contributed by atoms with Gasteiger partial charge in [0.1, 0.15) is 6.29 Å². The van der Waals surface area contributed by atoms with Crippen molar-refractivity contribution in [2.75, 3.05) is 13.1 Å². The molecule has 0 aliphatic rings. The lowest BCUT2D eigenvalue weighted by Gasteiger charge is -2.04. The Morgan fingerprint density at radius 3 is 1.45 bits per heavy atom. The minimum absolute atomic E-state index is 0.759. The van der Waals surface area contributed by atoms with Crippen LogP contribution >= 0.6 is 0 Å². The first-order valence-corrected chi connectivity index (χ1v) is 10.1. The van der Waals surface area contributed by atoms with Crippen LogP contribution in [0.5, 0.6) is 0 Å². The molecule has 2 heteroatoms. The summed E-state index contributed by atoms with van der Waals surface area (Å²) in [6, 6.07) is 0. The normalized spacial score (nSPS) is 11.0. The highest BCUT2D eigenvalue weighted by atomic mass is 16.1. The fraction of sp³-hybridized carbons (Fsp3) is 0.950. The molecule has 0 saturated heterocycles. The Kier molecular flexibility index (Phi) is 20.3. The molecule has 0 bridgehead atoms. The van der Waals surface area contributed by atoms with Crippen LogP contribution in [-0.4, -0.2) is 19.4 Å². The van der Waals surface area contributed by atoms with Gasteiger partial charge >= 0.3 is 0 Å². The summed E-state index contributed by atoms with van der Waals surface area (Å²) in [6.45, 7) is 4.66. The maximum atomic E-state index is 10.2. The van der Waals surface area contributed by atoms with E-state index < -0.39 is 0 Å². The first-order chi connectivity index (χ1) is 10.9. The fourth-order valence-electron chi connectivity index (χ4n) is 2.85. The van der Waals surface area contributed by atoms with Crippen molar-refractivity contribution in [3.8, 4) is 0 Å². The molecule has 0 aromatic heterocycles. The Morgan fingerprint density at radius 2 is 1.00 bits per heavy atom. The monoisotopic (exact) mass is 311 g/mol. The summed E-state index contributed by atoms with van der Waals surface area (Å²) in [6.07, 6.45) is 22.1. The molecular weight excluding hydrogens is 270 g/mol. The van der Waals surface area contributed by atoms with Gasteiger partial charge in [-0.1, -0.05) is 84.0 Å². The van der Waals surface area contributed by atoms with E-state index >= 15 is 0 Å². The lowest BCUT2D eigenvalue weighted by atomic mass is 10.0. The molecule has 0 atom stereocenters. The smallest absolute Gasteiger partial charge is 0.119 e. The second kappa shape index (κ2) is 20.6. The van der Waals surface area contributed by atoms with Gasteiger partial charge in [-0.05, 0) is 32.4 Å². The molecule has 0 spiro atoms. The Bertz CT molecular complexity index is 206. The van der Waals surface area contributed by atoms with Crippen molar-refractivity contribution in [3.63, 3.8) is 0 Å². The summed E-state index contributed by atoms with van der Waals surface area (Å²) in [5.74, 6) is 0. The van der Waals surface area contributed by atoms with Crippen LogP contribution in [0.4, 0.5) is 0 Å². The van der Waals surface area contributed by atoms with Gasteiger partial charge in [-0.15, -0.1) is 0 Å². The van der Waals surface area contributed by atoms with Crippen LogP contribution in [0.3, 0.4) is 0 Å². The van der Waals surface area contributed by atoms with Crippen molar-refractivity contribution in [3.05, 3.63) is 0 Å². The summed E-state index contributed by atoms with van der Waals surface area (Å²) in [4.78, 5) is 10.2. The molecule has 0 saturated carbocycles. The SMILES string of the molecule is CCCCNCCCCCCCCCCCCCCCC=O. The molecule has 0 radical (unpaired) electrons. The third-order valence-corrected chi connectivity index (χ3v) is 4.38. The van der Waals surface area contributed by atoms with E-state index in [1.165, 1.54) is 103 Å². The summed E-state index contributed by atoms with van der Waals surface area (Å²) in [7, 11) is 0. The summed E-state index contributed by atoms with van der Waals surface area (Å²) in [5.41, 5.74) is 0. The van der Waals surface area contributed by atoms with E-state index in [1.807, 2.05) is 0 Å². The van der Waals surface area contributed by atoms with Crippen LogP contribution in [0.25, 0.3) is 0 Å². The van der Waals surface area contributed by atoms with Crippen LogP contribution in [0.15, 0.2) is 0 Å². The third-order valence-electron chi connectivity index (χ3n) is 4.38. The van der Waals surface area contributed by atoms with Crippen molar-refractivity contribution in [1.29, 1.82) is 0 Å². The molecule has 0 aromatic carbocycles. The van der Waals surface area contributed by atoms with Gasteiger partial charge in [0.2, 0.25) is 0 Å². The fourth-order valence-corrected chi connectivity index (χ4v) is 2.85. The van der Waals surface area contributed by atoms with Crippen LogP contribution in [0.1, 0.15) is 110 Å². The van der Waals surface area contributed by atoms with Gasteiger partial charge in [-0.3, -0.25) is 0 Å². The van der Waals surface area contributed by atoms with Gasteiger partial charge in [0.15, 0.2) is 0 Å². The number of hydrogen-bond acceptors (Lipinski definition) is 2. The topological polar surface area (TPSA) is 29.1 Å². The van der Waals surface area contributed by atoms with Crippen LogP contribution in [0.2, 0.25) is 0 Å². The molecule has 0 aliphatic carbocycles. The average Bonchev–Trinajstić information content (AvgIpc) is 2.54. The largest absolute Gasteiger partial charge is 0.317 e. The van der Waals surface area contributed by atoms with E-state index in [-0.39, 0.29) is 0 Å². The zero-order valence-electron chi connectivity index (χ0n) is 15.2. The van der Waals surface area contributed by atoms with E-state index in [4.69, 9.17) is 0 Å². The lowest BCUT2D eigenvalue weighted by molar-refractivity contribution is -0.107. The highest BCUT2D eigenvalue weighted by Gasteiger charge is 1.94. The lowest BCUT2D eigenvalue weighted by Crippen LogP contribution is -2.16. The molecule has 0 fully saturated rings. The van der Waals surface area contributed by atoms with Crippen LogP contribution < -0.4 is 5.32 Å². The molecule has 132 valence electrons. The van der Waals surface area contributed by atoms with E-state index in [0.29, 0.717) is 0 Å². The van der Waals surface area contributed by atoms with Gasteiger partial charge in [0.25, 0.3) is 0 Å². The Morgan fingerprint density at radius 1 is 0.591 bits per heavy atom. The van der Waals surface area contributed by atoms with Gasteiger partial charge in [-0.2, -0.15) is 0 Å². The van der Waals surface area contributed by atoms with E-state index in [9.17, 15) is 4.79 Å². The van der Waals surface area contributed by atoms with Gasteiger partial charge in [-0.25, -0.2) is 0 Å². The van der Waals surface area contributed by atoms with Crippen molar-refractivity contribution in [2.24, 2.45) is 0 Å². The summed E-state index contributed by atoms with van der Waals surface area (Å²) >= 11 is 0. The molecule has 22 heavy (non-hydrogen) atoms. The van der Waals surface area contributed by atoms with Gasteiger partial charge < -0.3 is 10.1 Å². The van der Waals surface area contributed by atoms with Gasteiger partial charge in [0, 0.05) is 6.42 Å². The zero-order valence-corrected chi connectivity index (χ0v) is 15.2. The highest BCUT2D eigenvalue weighted by molar-refractivity contribution is 5.48. The summed E-state index contributed by atoms with van der Waals surface area (Å²) < 4.78 is 0. The van der Waals surface area contributed by atoms with E-state index in [0.717, 1.165) is 19.1 Å². The summed E-state index contributed by atoms with van der Waals surface area (Å²) in [5, 5.41) is 3.52. The predicted molar refractivity (Wildman–Crippen MR) is 98.5 cm³/mol. The Labute approximate surface area is 139 Å². The number of carbonyl (C=O) groups excluding carboxylic acids is 1. The number of nitrogens with one attached hydrogen (secondary N) is 1. The molecule has 0 unspecified atom stereocenters. The molecule has 2 nitrogen and oxygen atoms in total. The minimum atomic E-state index is 0.759. The predicted octanol–water partition coefficient (Wildman–Crippen LogP) is 6.04. The van der Waals surface area contributed by atoms with Crippen LogP contribution in [0, 0.1) is 0 Å². The Balaban J connectivity index is 2.92. The maximum absolute atomic E-state index is 10.2. The molecule has 1 N–H and O–H groups in total. The Hall–Kier alpha value is -0.370. The second-order valence-corrected chi connectivity index (χ2v) is 6.66. The van der Waals surface area contributed by atoms with Crippen LogP contribution in [-0.2, 0) is 4.79 Å². The molecule has 0 amide bonds. The molecule has 0 heterocycles. The number of aldehydes is 1. The maximum Gasteiger partial charge on any atom is 0.119 e. The van der Waals surface area contributed by atoms with Crippen molar-refractivity contribution in [2.45, 2.75) is 110 Å². The first kappa shape index (κ1) is 21.6. The van der Waals surface area contributed by atoms with E-state index in [2.05, 4.69) is 12.2 Å². The first-order valence-electron chi connectivity index (χ1n) is 10.1.